The number of benzene rings is 1. The standard InChI is InChI=1S/C16H19FN4O.2ClH/c1-18-13-6-8-20(9-7-13)16(22)15-10-19-11-21(15)14-4-2-12(17)3-5-14;;/h2-5,10-11,13,18H,6-9H2,1H3;2*1H. The molecule has 0 spiro atoms. The maximum Gasteiger partial charge on any atom is 0.272 e. The summed E-state index contributed by atoms with van der Waals surface area (Å²) < 4.78 is 14.7. The highest BCUT2D eigenvalue weighted by atomic mass is 35.5. The van der Waals surface area contributed by atoms with Crippen molar-refractivity contribution in [2.75, 3.05) is 20.1 Å². The lowest BCUT2D eigenvalue weighted by atomic mass is 10.1. The van der Waals surface area contributed by atoms with Crippen molar-refractivity contribution in [3.8, 4) is 5.69 Å². The van der Waals surface area contributed by atoms with E-state index in [0.717, 1.165) is 31.6 Å². The fourth-order valence-electron chi connectivity index (χ4n) is 2.79. The van der Waals surface area contributed by atoms with Crippen LogP contribution in [0, 0.1) is 5.82 Å². The maximum atomic E-state index is 13.0. The van der Waals surface area contributed by atoms with Gasteiger partial charge in [-0.25, -0.2) is 9.37 Å². The lowest BCUT2D eigenvalue weighted by molar-refractivity contribution is 0.0699. The monoisotopic (exact) mass is 374 g/mol. The largest absolute Gasteiger partial charge is 0.337 e. The van der Waals surface area contributed by atoms with Crippen LogP contribution in [0.25, 0.3) is 5.69 Å². The van der Waals surface area contributed by atoms with E-state index in [2.05, 4.69) is 10.3 Å². The van der Waals surface area contributed by atoms with Crippen LogP contribution in [0.2, 0.25) is 0 Å². The van der Waals surface area contributed by atoms with Gasteiger partial charge in [-0.15, -0.1) is 24.8 Å². The summed E-state index contributed by atoms with van der Waals surface area (Å²) >= 11 is 0. The summed E-state index contributed by atoms with van der Waals surface area (Å²) in [4.78, 5) is 18.6. The van der Waals surface area contributed by atoms with E-state index in [4.69, 9.17) is 0 Å². The van der Waals surface area contributed by atoms with Crippen LogP contribution in [0.3, 0.4) is 0 Å². The number of amides is 1. The van der Waals surface area contributed by atoms with Crippen LogP contribution in [-0.4, -0.2) is 46.5 Å². The Labute approximate surface area is 153 Å². The molecule has 1 amide bonds. The Hall–Kier alpha value is -1.63. The molecule has 0 aliphatic carbocycles. The zero-order valence-corrected chi connectivity index (χ0v) is 14.9. The number of nitrogens with zero attached hydrogens (tertiary/aromatic N) is 3. The Morgan fingerprint density at radius 1 is 1.21 bits per heavy atom. The van der Waals surface area contributed by atoms with E-state index in [9.17, 15) is 9.18 Å². The van der Waals surface area contributed by atoms with Crippen LogP contribution < -0.4 is 5.32 Å². The van der Waals surface area contributed by atoms with E-state index in [1.165, 1.54) is 12.1 Å². The van der Waals surface area contributed by atoms with Crippen molar-refractivity contribution in [1.82, 2.24) is 19.8 Å². The highest BCUT2D eigenvalue weighted by molar-refractivity contribution is 5.93. The number of piperidine rings is 1. The molecule has 1 aliphatic heterocycles. The lowest BCUT2D eigenvalue weighted by Gasteiger charge is -2.31. The van der Waals surface area contributed by atoms with Gasteiger partial charge in [-0.1, -0.05) is 0 Å². The minimum absolute atomic E-state index is 0. The van der Waals surface area contributed by atoms with E-state index >= 15 is 0 Å². The Morgan fingerprint density at radius 3 is 2.42 bits per heavy atom. The van der Waals surface area contributed by atoms with E-state index in [0.29, 0.717) is 11.7 Å². The molecule has 132 valence electrons. The number of carbonyl (C=O) groups is 1. The molecule has 5 nitrogen and oxygen atoms in total. The van der Waals surface area contributed by atoms with E-state index in [-0.39, 0.29) is 36.5 Å². The third kappa shape index (κ3) is 4.26. The van der Waals surface area contributed by atoms with Gasteiger partial charge < -0.3 is 10.2 Å². The molecule has 1 aliphatic rings. The number of imidazole rings is 1. The molecule has 1 aromatic heterocycles. The van der Waals surface area contributed by atoms with E-state index < -0.39 is 0 Å². The van der Waals surface area contributed by atoms with Gasteiger partial charge in [0.05, 0.1) is 12.5 Å². The summed E-state index contributed by atoms with van der Waals surface area (Å²) in [7, 11) is 1.95. The first-order valence-electron chi connectivity index (χ1n) is 7.44. The highest BCUT2D eigenvalue weighted by Crippen LogP contribution is 2.17. The van der Waals surface area contributed by atoms with Gasteiger partial charge in [0.25, 0.3) is 5.91 Å². The summed E-state index contributed by atoms with van der Waals surface area (Å²) in [6, 6.07) is 6.51. The van der Waals surface area contributed by atoms with Crippen molar-refractivity contribution in [2.24, 2.45) is 0 Å². The van der Waals surface area contributed by atoms with Crippen molar-refractivity contribution in [3.63, 3.8) is 0 Å². The van der Waals surface area contributed by atoms with Gasteiger partial charge in [-0.3, -0.25) is 9.36 Å². The molecule has 1 fully saturated rings. The number of nitrogens with one attached hydrogen (secondary N) is 1. The Balaban J connectivity index is 0.00000144. The number of hydrogen-bond donors (Lipinski definition) is 1. The Kier molecular flexibility index (Phi) is 7.66. The number of carbonyl (C=O) groups excluding carboxylic acids is 1. The summed E-state index contributed by atoms with van der Waals surface area (Å²) in [5.74, 6) is -0.331. The van der Waals surface area contributed by atoms with Crippen LogP contribution in [-0.2, 0) is 0 Å². The number of hydrogen-bond acceptors (Lipinski definition) is 3. The second-order valence-corrected chi connectivity index (χ2v) is 5.48. The molecular formula is C16H21Cl2FN4O. The zero-order valence-electron chi connectivity index (χ0n) is 13.3. The van der Waals surface area contributed by atoms with E-state index in [1.807, 2.05) is 11.9 Å². The normalized spacial score (nSPS) is 14.7. The summed E-state index contributed by atoms with van der Waals surface area (Å²) in [6.45, 7) is 1.47. The SMILES string of the molecule is CNC1CCN(C(=O)c2cncn2-c2ccc(F)cc2)CC1.Cl.Cl. The molecule has 1 aromatic carbocycles. The second-order valence-electron chi connectivity index (χ2n) is 5.48. The van der Waals surface area contributed by atoms with Gasteiger partial charge in [-0.05, 0) is 44.2 Å². The lowest BCUT2D eigenvalue weighted by Crippen LogP contribution is -2.44. The second kappa shape index (κ2) is 9.01. The Bertz CT molecular complexity index is 654. The van der Waals surface area contributed by atoms with Crippen LogP contribution in [0.5, 0.6) is 0 Å². The van der Waals surface area contributed by atoms with Crippen molar-refractivity contribution in [2.45, 2.75) is 18.9 Å². The van der Waals surface area contributed by atoms with Crippen molar-refractivity contribution >= 4 is 30.7 Å². The van der Waals surface area contributed by atoms with E-state index in [1.54, 1.807) is 29.2 Å². The summed E-state index contributed by atoms with van der Waals surface area (Å²) in [5.41, 5.74) is 1.24. The molecule has 2 aromatic rings. The van der Waals surface area contributed by atoms with Crippen molar-refractivity contribution in [1.29, 1.82) is 0 Å². The fraction of sp³-hybridized carbons (Fsp3) is 0.375. The average molecular weight is 375 g/mol. The van der Waals surface area contributed by atoms with Crippen LogP contribution in [0.15, 0.2) is 36.8 Å². The van der Waals surface area contributed by atoms with Gasteiger partial charge in [-0.2, -0.15) is 0 Å². The molecule has 1 N–H and O–H groups in total. The molecule has 0 atom stereocenters. The first kappa shape index (κ1) is 20.4. The van der Waals surface area contributed by atoms with Crippen molar-refractivity contribution in [3.05, 3.63) is 48.3 Å². The Morgan fingerprint density at radius 2 is 1.83 bits per heavy atom. The molecule has 0 bridgehead atoms. The molecule has 0 saturated carbocycles. The van der Waals surface area contributed by atoms with Crippen LogP contribution in [0.4, 0.5) is 4.39 Å². The molecule has 0 unspecified atom stereocenters. The smallest absolute Gasteiger partial charge is 0.272 e. The summed E-state index contributed by atoms with van der Waals surface area (Å²) in [5, 5.41) is 3.25. The number of rotatable bonds is 3. The van der Waals surface area contributed by atoms with Crippen molar-refractivity contribution < 1.29 is 9.18 Å². The molecule has 24 heavy (non-hydrogen) atoms. The predicted molar refractivity (Wildman–Crippen MR) is 96.0 cm³/mol. The predicted octanol–water partition coefficient (Wildman–Crippen LogP) is 2.68. The van der Waals surface area contributed by atoms with Gasteiger partial charge >= 0.3 is 0 Å². The molecular weight excluding hydrogens is 354 g/mol. The number of aromatic nitrogens is 2. The van der Waals surface area contributed by atoms with Gasteiger partial charge in [0, 0.05) is 24.8 Å². The third-order valence-electron chi connectivity index (χ3n) is 4.15. The highest BCUT2D eigenvalue weighted by Gasteiger charge is 2.25. The zero-order chi connectivity index (χ0) is 15.5. The van der Waals surface area contributed by atoms with Gasteiger partial charge in [0.15, 0.2) is 0 Å². The first-order chi connectivity index (χ1) is 10.7. The molecule has 0 radical (unpaired) electrons. The minimum atomic E-state index is -0.300. The third-order valence-corrected chi connectivity index (χ3v) is 4.15. The van der Waals surface area contributed by atoms with Crippen LogP contribution >= 0.6 is 24.8 Å². The molecule has 1 saturated heterocycles. The van der Waals surface area contributed by atoms with Crippen LogP contribution in [0.1, 0.15) is 23.3 Å². The molecule has 2 heterocycles. The van der Waals surface area contributed by atoms with Gasteiger partial charge in [0.2, 0.25) is 0 Å². The topological polar surface area (TPSA) is 50.2 Å². The number of likely N-dealkylation sites (tertiary alicyclic amines) is 1. The first-order valence-corrected chi connectivity index (χ1v) is 7.44. The molecule has 3 rings (SSSR count). The minimum Gasteiger partial charge on any atom is -0.337 e. The fourth-order valence-corrected chi connectivity index (χ4v) is 2.79. The maximum absolute atomic E-state index is 13.0. The summed E-state index contributed by atoms with van der Waals surface area (Å²) in [6.07, 6.45) is 5.05. The molecule has 8 heteroatoms. The van der Waals surface area contributed by atoms with Gasteiger partial charge in [0.1, 0.15) is 11.5 Å². The quantitative estimate of drug-likeness (QED) is 0.898. The average Bonchev–Trinajstić information content (AvgIpc) is 3.04. The number of halogens is 3.